The molecule has 3 atom stereocenters. The number of hydrogen-bond acceptors (Lipinski definition) is 7. The van der Waals surface area contributed by atoms with E-state index in [1.165, 1.54) is 0 Å². The first-order valence-electron chi connectivity index (χ1n) is 14.1. The fraction of sp³-hybridized carbons (Fsp3) is 0.567. The van der Waals surface area contributed by atoms with Crippen LogP contribution >= 0.6 is 0 Å². The van der Waals surface area contributed by atoms with Crippen molar-refractivity contribution in [2.45, 2.75) is 70.5 Å². The molecule has 1 saturated carbocycles. The van der Waals surface area contributed by atoms with E-state index in [2.05, 4.69) is 30.3 Å². The number of amides is 2. The van der Waals surface area contributed by atoms with Crippen molar-refractivity contribution in [1.82, 2.24) is 24.7 Å². The van der Waals surface area contributed by atoms with Crippen LogP contribution in [-0.4, -0.2) is 75.8 Å². The van der Waals surface area contributed by atoms with E-state index in [0.29, 0.717) is 37.6 Å². The summed E-state index contributed by atoms with van der Waals surface area (Å²) in [6.07, 6.45) is 3.51. The van der Waals surface area contributed by atoms with E-state index in [1.54, 1.807) is 0 Å². The van der Waals surface area contributed by atoms with E-state index in [-0.39, 0.29) is 29.8 Å². The Hall–Kier alpha value is -3.51. The van der Waals surface area contributed by atoms with Crippen LogP contribution in [0.4, 0.5) is 5.82 Å². The molecule has 1 aromatic heterocycles. The van der Waals surface area contributed by atoms with Crippen molar-refractivity contribution in [3.8, 4) is 6.07 Å². The third-order valence-electron chi connectivity index (χ3n) is 9.19. The minimum absolute atomic E-state index is 0.00253. The predicted octanol–water partition coefficient (Wildman–Crippen LogP) is 3.06. The quantitative estimate of drug-likeness (QED) is 0.637. The second-order valence-corrected chi connectivity index (χ2v) is 11.9. The van der Waals surface area contributed by atoms with Gasteiger partial charge in [0, 0.05) is 31.1 Å². The molecule has 3 aliphatic heterocycles. The lowest BCUT2D eigenvalue weighted by Crippen LogP contribution is -2.56. The van der Waals surface area contributed by atoms with E-state index in [9.17, 15) is 14.9 Å². The molecule has 3 fully saturated rings. The standard InChI is InChI=1S/C30H37N7O2/c1-18-22(14-31)6-5-7-24(18)19(2)32-27-25-16-37(23-10-12-36(15-23)28(38)21-8-9-21)29(39)30(11-13-35(4)17-30)26(25)33-20(3)34-27/h5-7,19,21,23H,8-13,15-17H2,1-4H3,(H,32,33,34)/t19-,23-,30?/m1/s1. The lowest BCUT2D eigenvalue weighted by Gasteiger charge is -2.43. The smallest absolute Gasteiger partial charge is 0.236 e. The zero-order valence-corrected chi connectivity index (χ0v) is 23.3. The van der Waals surface area contributed by atoms with Crippen molar-refractivity contribution < 1.29 is 9.59 Å². The minimum Gasteiger partial charge on any atom is -0.363 e. The third kappa shape index (κ3) is 4.35. The van der Waals surface area contributed by atoms with Crippen LogP contribution in [0, 0.1) is 31.1 Å². The van der Waals surface area contributed by atoms with Gasteiger partial charge >= 0.3 is 0 Å². The van der Waals surface area contributed by atoms with Crippen molar-refractivity contribution in [2.75, 3.05) is 38.5 Å². The van der Waals surface area contributed by atoms with Crippen molar-refractivity contribution in [3.63, 3.8) is 0 Å². The predicted molar refractivity (Wildman–Crippen MR) is 147 cm³/mol. The monoisotopic (exact) mass is 527 g/mol. The first kappa shape index (κ1) is 25.8. The molecule has 6 rings (SSSR count). The topological polar surface area (TPSA) is 105 Å². The lowest BCUT2D eigenvalue weighted by atomic mass is 9.76. The summed E-state index contributed by atoms with van der Waals surface area (Å²) in [4.78, 5) is 43.1. The summed E-state index contributed by atoms with van der Waals surface area (Å²) < 4.78 is 0. The average Bonchev–Trinajstić information content (AvgIpc) is 3.52. The Bertz CT molecular complexity index is 1380. The van der Waals surface area contributed by atoms with Gasteiger partial charge in [0.05, 0.1) is 36.0 Å². The van der Waals surface area contributed by atoms with Crippen LogP contribution in [0.2, 0.25) is 0 Å². The molecule has 204 valence electrons. The molecule has 1 aliphatic carbocycles. The Morgan fingerprint density at radius 2 is 2.00 bits per heavy atom. The summed E-state index contributed by atoms with van der Waals surface area (Å²) >= 11 is 0. The minimum atomic E-state index is -0.708. The summed E-state index contributed by atoms with van der Waals surface area (Å²) in [5, 5.41) is 13.2. The number of nitriles is 1. The van der Waals surface area contributed by atoms with E-state index in [0.717, 1.165) is 60.4 Å². The highest BCUT2D eigenvalue weighted by Gasteiger charge is 2.55. The van der Waals surface area contributed by atoms with Gasteiger partial charge in [0.15, 0.2) is 0 Å². The molecule has 2 aromatic rings. The molecule has 1 aromatic carbocycles. The van der Waals surface area contributed by atoms with Crippen LogP contribution in [-0.2, 0) is 21.5 Å². The number of aromatic nitrogens is 2. The highest BCUT2D eigenvalue weighted by Crippen LogP contribution is 2.44. The van der Waals surface area contributed by atoms with Crippen molar-refractivity contribution in [3.05, 3.63) is 52.0 Å². The van der Waals surface area contributed by atoms with Crippen LogP contribution in [0.5, 0.6) is 0 Å². The maximum atomic E-state index is 14.3. The normalized spacial score (nSPS) is 25.6. The van der Waals surface area contributed by atoms with Gasteiger partial charge in [-0.2, -0.15) is 5.26 Å². The molecule has 39 heavy (non-hydrogen) atoms. The zero-order valence-electron chi connectivity index (χ0n) is 23.3. The summed E-state index contributed by atoms with van der Waals surface area (Å²) in [5.41, 5.74) is 3.78. The van der Waals surface area contributed by atoms with Crippen LogP contribution in [0.15, 0.2) is 18.2 Å². The molecule has 0 bridgehead atoms. The van der Waals surface area contributed by atoms with E-state index in [1.807, 2.05) is 41.8 Å². The summed E-state index contributed by atoms with van der Waals surface area (Å²) in [5.74, 6) is 1.97. The lowest BCUT2D eigenvalue weighted by molar-refractivity contribution is -0.142. The number of likely N-dealkylation sites (N-methyl/N-ethyl adjacent to an activating group) is 1. The number of nitrogens with one attached hydrogen (secondary N) is 1. The average molecular weight is 528 g/mol. The number of carbonyl (C=O) groups excluding carboxylic acids is 2. The summed E-state index contributed by atoms with van der Waals surface area (Å²) in [6.45, 7) is 9.15. The van der Waals surface area contributed by atoms with Gasteiger partial charge in [-0.3, -0.25) is 9.59 Å². The van der Waals surface area contributed by atoms with Gasteiger partial charge in [0.2, 0.25) is 11.8 Å². The first-order valence-corrected chi connectivity index (χ1v) is 14.1. The number of hydrogen-bond donors (Lipinski definition) is 1. The fourth-order valence-corrected chi connectivity index (χ4v) is 6.85. The number of anilines is 1. The molecule has 9 nitrogen and oxygen atoms in total. The maximum Gasteiger partial charge on any atom is 0.236 e. The highest BCUT2D eigenvalue weighted by atomic mass is 16.2. The number of benzene rings is 1. The van der Waals surface area contributed by atoms with Crippen molar-refractivity contribution in [1.29, 1.82) is 5.26 Å². The second-order valence-electron chi connectivity index (χ2n) is 11.9. The molecule has 1 spiro atoms. The molecule has 0 radical (unpaired) electrons. The Morgan fingerprint density at radius 1 is 1.21 bits per heavy atom. The van der Waals surface area contributed by atoms with E-state index >= 15 is 0 Å². The molecular formula is C30H37N7O2. The second kappa shape index (κ2) is 9.60. The molecule has 9 heteroatoms. The molecule has 2 saturated heterocycles. The maximum absolute atomic E-state index is 14.3. The number of nitrogens with zero attached hydrogens (tertiary/aromatic N) is 6. The van der Waals surface area contributed by atoms with E-state index < -0.39 is 5.41 Å². The third-order valence-corrected chi connectivity index (χ3v) is 9.19. The highest BCUT2D eigenvalue weighted by molar-refractivity contribution is 5.91. The van der Waals surface area contributed by atoms with Crippen LogP contribution in [0.3, 0.4) is 0 Å². The van der Waals surface area contributed by atoms with Gasteiger partial charge in [-0.15, -0.1) is 0 Å². The number of fused-ring (bicyclic) bond motifs is 2. The summed E-state index contributed by atoms with van der Waals surface area (Å²) in [7, 11) is 2.06. The van der Waals surface area contributed by atoms with Crippen LogP contribution in [0.1, 0.15) is 72.4 Å². The number of likely N-dealkylation sites (tertiary alicyclic amines) is 2. The van der Waals surface area contributed by atoms with Gasteiger partial charge in [0.25, 0.3) is 0 Å². The number of aryl methyl sites for hydroxylation is 1. The first-order chi connectivity index (χ1) is 18.7. The fourth-order valence-electron chi connectivity index (χ4n) is 6.85. The van der Waals surface area contributed by atoms with Gasteiger partial charge < -0.3 is 20.0 Å². The zero-order chi connectivity index (χ0) is 27.5. The SMILES string of the molecule is Cc1nc(N[C@H](C)c2cccc(C#N)c2C)c2c(n1)C1(CCN(C)C1)C(=O)N([C@@H]1CCN(C(=O)C3CC3)C1)C2. The molecule has 4 heterocycles. The van der Waals surface area contributed by atoms with Gasteiger partial charge in [-0.25, -0.2) is 9.97 Å². The van der Waals surface area contributed by atoms with Gasteiger partial charge in [-0.1, -0.05) is 12.1 Å². The molecule has 1 unspecified atom stereocenters. The number of carbonyl (C=O) groups is 2. The molecule has 4 aliphatic rings. The largest absolute Gasteiger partial charge is 0.363 e. The Kier molecular flexibility index (Phi) is 6.34. The number of rotatable bonds is 5. The Balaban J connectivity index is 1.37. The Labute approximate surface area is 230 Å². The van der Waals surface area contributed by atoms with Crippen LogP contribution in [0.25, 0.3) is 0 Å². The van der Waals surface area contributed by atoms with Crippen molar-refractivity contribution >= 4 is 17.6 Å². The summed E-state index contributed by atoms with van der Waals surface area (Å²) in [6, 6.07) is 7.98. The Morgan fingerprint density at radius 3 is 2.69 bits per heavy atom. The van der Waals surface area contributed by atoms with Crippen LogP contribution < -0.4 is 5.32 Å². The van der Waals surface area contributed by atoms with E-state index in [4.69, 9.17) is 9.97 Å². The molecular weight excluding hydrogens is 490 g/mol. The van der Waals surface area contributed by atoms with Gasteiger partial charge in [0.1, 0.15) is 17.1 Å². The van der Waals surface area contributed by atoms with Gasteiger partial charge in [-0.05, 0) is 77.2 Å². The molecule has 2 amide bonds. The molecule has 1 N–H and O–H groups in total. The van der Waals surface area contributed by atoms with Crippen molar-refractivity contribution in [2.24, 2.45) is 5.92 Å².